The number of rotatable bonds is 9. The molecular weight excluding hydrogens is 302 g/mol. The molecule has 4 nitrogen and oxygen atoms in total. The van der Waals surface area contributed by atoms with Crippen molar-refractivity contribution in [1.29, 1.82) is 0 Å². The van der Waals surface area contributed by atoms with Crippen LogP contribution >= 0.6 is 0 Å². The Hall–Kier alpha value is -2.49. The summed E-state index contributed by atoms with van der Waals surface area (Å²) in [6, 6.07) is 15.7. The van der Waals surface area contributed by atoms with Crippen LogP contribution in [-0.4, -0.2) is 19.1 Å². The maximum absolute atomic E-state index is 11.9. The Morgan fingerprint density at radius 3 is 2.58 bits per heavy atom. The molecule has 2 aromatic carbocycles. The van der Waals surface area contributed by atoms with E-state index in [0.29, 0.717) is 32.6 Å². The van der Waals surface area contributed by atoms with Crippen molar-refractivity contribution in [2.24, 2.45) is 0 Å². The smallest absolute Gasteiger partial charge is 0.220 e. The first kappa shape index (κ1) is 17.9. The van der Waals surface area contributed by atoms with E-state index in [1.165, 1.54) is 5.56 Å². The predicted octanol–water partition coefficient (Wildman–Crippen LogP) is 3.87. The minimum atomic E-state index is 0.0318. The molecule has 0 bridgehead atoms. The molecule has 1 amide bonds. The molecule has 24 heavy (non-hydrogen) atoms. The van der Waals surface area contributed by atoms with Crippen molar-refractivity contribution in [2.75, 3.05) is 13.2 Å². The van der Waals surface area contributed by atoms with Gasteiger partial charge in [0.25, 0.3) is 0 Å². The largest absolute Gasteiger partial charge is 0.494 e. The first-order valence-electron chi connectivity index (χ1n) is 8.35. The van der Waals surface area contributed by atoms with Crippen LogP contribution in [0.1, 0.15) is 30.9 Å². The Morgan fingerprint density at radius 2 is 1.83 bits per heavy atom. The molecule has 1 N–H and O–H groups in total. The number of benzene rings is 2. The van der Waals surface area contributed by atoms with Gasteiger partial charge in [-0.15, -0.1) is 0 Å². The van der Waals surface area contributed by atoms with Gasteiger partial charge in [-0.3, -0.25) is 4.79 Å². The molecule has 0 fully saturated rings. The number of aryl methyl sites for hydroxylation is 1. The molecular formula is C20H25NO3. The average molecular weight is 327 g/mol. The summed E-state index contributed by atoms with van der Waals surface area (Å²) in [6.45, 7) is 5.68. The Kier molecular flexibility index (Phi) is 7.15. The van der Waals surface area contributed by atoms with Gasteiger partial charge in [0.1, 0.15) is 11.5 Å². The van der Waals surface area contributed by atoms with Gasteiger partial charge >= 0.3 is 0 Å². The summed E-state index contributed by atoms with van der Waals surface area (Å²) in [5, 5.41) is 2.92. The molecule has 0 aromatic heterocycles. The lowest BCUT2D eigenvalue weighted by atomic mass is 10.2. The number of hydrogen-bond donors (Lipinski definition) is 1. The Morgan fingerprint density at radius 1 is 1.04 bits per heavy atom. The van der Waals surface area contributed by atoms with Crippen LogP contribution < -0.4 is 14.8 Å². The van der Waals surface area contributed by atoms with Gasteiger partial charge < -0.3 is 14.8 Å². The molecule has 0 saturated heterocycles. The lowest BCUT2D eigenvalue weighted by Crippen LogP contribution is -2.23. The highest BCUT2D eigenvalue weighted by Gasteiger charge is 2.03. The number of amides is 1. The third-order valence-corrected chi connectivity index (χ3v) is 3.54. The Labute approximate surface area is 143 Å². The number of carbonyl (C=O) groups is 1. The lowest BCUT2D eigenvalue weighted by molar-refractivity contribution is -0.121. The second-order valence-corrected chi connectivity index (χ2v) is 5.62. The standard InChI is InChI=1S/C20H25NO3/c1-3-23-19-7-4-6-17(14-19)15-21-20(22)8-5-13-24-18-11-9-16(2)10-12-18/h4,6-7,9-12,14H,3,5,8,13,15H2,1-2H3,(H,21,22). The fourth-order valence-electron chi connectivity index (χ4n) is 2.26. The van der Waals surface area contributed by atoms with E-state index in [1.54, 1.807) is 0 Å². The first-order chi connectivity index (χ1) is 11.7. The highest BCUT2D eigenvalue weighted by atomic mass is 16.5. The monoisotopic (exact) mass is 327 g/mol. The molecule has 2 aromatic rings. The van der Waals surface area contributed by atoms with Crippen molar-refractivity contribution in [3.8, 4) is 11.5 Å². The van der Waals surface area contributed by atoms with Crippen LogP contribution in [-0.2, 0) is 11.3 Å². The van der Waals surface area contributed by atoms with Gasteiger partial charge in [-0.1, -0.05) is 29.8 Å². The van der Waals surface area contributed by atoms with Crippen molar-refractivity contribution in [2.45, 2.75) is 33.2 Å². The fourth-order valence-corrected chi connectivity index (χ4v) is 2.26. The second-order valence-electron chi connectivity index (χ2n) is 5.62. The molecule has 0 aliphatic rings. The van der Waals surface area contributed by atoms with Crippen molar-refractivity contribution >= 4 is 5.91 Å². The predicted molar refractivity (Wildman–Crippen MR) is 95.4 cm³/mol. The zero-order valence-electron chi connectivity index (χ0n) is 14.4. The van der Waals surface area contributed by atoms with E-state index in [0.717, 1.165) is 17.1 Å². The summed E-state index contributed by atoms with van der Waals surface area (Å²) < 4.78 is 11.1. The number of ether oxygens (including phenoxy) is 2. The first-order valence-corrected chi connectivity index (χ1v) is 8.35. The minimum absolute atomic E-state index is 0.0318. The highest BCUT2D eigenvalue weighted by molar-refractivity contribution is 5.75. The van der Waals surface area contributed by atoms with Gasteiger partial charge in [-0.05, 0) is 50.1 Å². The van der Waals surface area contributed by atoms with Crippen LogP contribution in [0, 0.1) is 6.92 Å². The Balaban J connectivity index is 1.64. The zero-order chi connectivity index (χ0) is 17.2. The van der Waals surface area contributed by atoms with Crippen molar-refractivity contribution < 1.29 is 14.3 Å². The van der Waals surface area contributed by atoms with E-state index in [-0.39, 0.29) is 5.91 Å². The van der Waals surface area contributed by atoms with Crippen LogP contribution in [0.5, 0.6) is 11.5 Å². The molecule has 128 valence electrons. The zero-order valence-corrected chi connectivity index (χ0v) is 14.4. The molecule has 0 radical (unpaired) electrons. The second kappa shape index (κ2) is 9.60. The normalized spacial score (nSPS) is 10.2. The quantitative estimate of drug-likeness (QED) is 0.711. The summed E-state index contributed by atoms with van der Waals surface area (Å²) in [7, 11) is 0. The molecule has 0 spiro atoms. The van der Waals surface area contributed by atoms with Gasteiger partial charge in [0.15, 0.2) is 0 Å². The summed E-state index contributed by atoms with van der Waals surface area (Å²) in [5.74, 6) is 1.70. The summed E-state index contributed by atoms with van der Waals surface area (Å²) in [6.07, 6.45) is 1.15. The van der Waals surface area contributed by atoms with E-state index in [9.17, 15) is 4.79 Å². The van der Waals surface area contributed by atoms with Crippen LogP contribution in [0.4, 0.5) is 0 Å². The average Bonchev–Trinajstić information content (AvgIpc) is 2.59. The maximum Gasteiger partial charge on any atom is 0.220 e. The molecule has 4 heteroatoms. The summed E-state index contributed by atoms with van der Waals surface area (Å²) in [4.78, 5) is 11.9. The fraction of sp³-hybridized carbons (Fsp3) is 0.350. The minimum Gasteiger partial charge on any atom is -0.494 e. The van der Waals surface area contributed by atoms with Crippen LogP contribution in [0.3, 0.4) is 0 Å². The van der Waals surface area contributed by atoms with Crippen molar-refractivity contribution in [3.05, 3.63) is 59.7 Å². The molecule has 0 saturated carbocycles. The molecule has 0 heterocycles. The third-order valence-electron chi connectivity index (χ3n) is 3.54. The van der Waals surface area contributed by atoms with E-state index >= 15 is 0 Å². The van der Waals surface area contributed by atoms with Gasteiger partial charge in [-0.25, -0.2) is 0 Å². The molecule has 0 atom stereocenters. The van der Waals surface area contributed by atoms with E-state index in [2.05, 4.69) is 5.32 Å². The van der Waals surface area contributed by atoms with Gasteiger partial charge in [0.2, 0.25) is 5.91 Å². The van der Waals surface area contributed by atoms with Crippen molar-refractivity contribution in [3.63, 3.8) is 0 Å². The van der Waals surface area contributed by atoms with Crippen LogP contribution in [0.15, 0.2) is 48.5 Å². The van der Waals surface area contributed by atoms with Crippen LogP contribution in [0.25, 0.3) is 0 Å². The van der Waals surface area contributed by atoms with Gasteiger partial charge in [-0.2, -0.15) is 0 Å². The number of nitrogens with one attached hydrogen (secondary N) is 1. The van der Waals surface area contributed by atoms with E-state index < -0.39 is 0 Å². The molecule has 0 aliphatic carbocycles. The van der Waals surface area contributed by atoms with Gasteiger partial charge in [0.05, 0.1) is 13.2 Å². The van der Waals surface area contributed by atoms with Gasteiger partial charge in [0, 0.05) is 13.0 Å². The number of carbonyl (C=O) groups excluding carboxylic acids is 1. The highest BCUT2D eigenvalue weighted by Crippen LogP contribution is 2.13. The van der Waals surface area contributed by atoms with E-state index in [1.807, 2.05) is 62.4 Å². The SMILES string of the molecule is CCOc1cccc(CNC(=O)CCCOc2ccc(C)cc2)c1. The molecule has 0 aliphatic heterocycles. The summed E-state index contributed by atoms with van der Waals surface area (Å²) in [5.41, 5.74) is 2.24. The third kappa shape index (κ3) is 6.32. The molecule has 0 unspecified atom stereocenters. The van der Waals surface area contributed by atoms with Crippen LogP contribution in [0.2, 0.25) is 0 Å². The topological polar surface area (TPSA) is 47.6 Å². The number of hydrogen-bond acceptors (Lipinski definition) is 3. The van der Waals surface area contributed by atoms with Crippen molar-refractivity contribution in [1.82, 2.24) is 5.32 Å². The maximum atomic E-state index is 11.9. The molecule has 2 rings (SSSR count). The summed E-state index contributed by atoms with van der Waals surface area (Å²) >= 11 is 0. The lowest BCUT2D eigenvalue weighted by Gasteiger charge is -2.09. The Bertz CT molecular complexity index is 638. The van der Waals surface area contributed by atoms with E-state index in [4.69, 9.17) is 9.47 Å².